The number of aromatic nitrogens is 1. The van der Waals surface area contributed by atoms with Crippen molar-refractivity contribution < 1.29 is 14.3 Å². The lowest BCUT2D eigenvalue weighted by Gasteiger charge is -2.11. The molecule has 1 heterocycles. The summed E-state index contributed by atoms with van der Waals surface area (Å²) in [6.07, 6.45) is 1.77. The van der Waals surface area contributed by atoms with Crippen LogP contribution in [-0.2, 0) is 0 Å². The van der Waals surface area contributed by atoms with Crippen molar-refractivity contribution >= 4 is 17.7 Å². The molecular weight excluding hydrogens is 269 g/mol. The fourth-order valence-corrected chi connectivity index (χ4v) is 2.25. The number of rotatable bonds is 3. The Morgan fingerprint density at radius 2 is 1.84 bits per heavy atom. The zero-order valence-electron chi connectivity index (χ0n) is 9.96. The zero-order valence-corrected chi connectivity index (χ0v) is 10.8. The fraction of sp³-hybridized carbons (Fsp3) is 0.0769. The number of halogens is 1. The van der Waals surface area contributed by atoms with Gasteiger partial charge in [0.05, 0.1) is 5.03 Å². The average molecular weight is 279 g/mol. The summed E-state index contributed by atoms with van der Waals surface area (Å²) in [5.74, 6) is -1.70. The first-order valence-electron chi connectivity index (χ1n) is 5.34. The van der Waals surface area contributed by atoms with Crippen molar-refractivity contribution in [1.82, 2.24) is 4.57 Å². The van der Waals surface area contributed by atoms with Crippen molar-refractivity contribution in [3.05, 3.63) is 58.1 Å². The Hall–Kier alpha value is -2.08. The summed E-state index contributed by atoms with van der Waals surface area (Å²) in [7, 11) is 0. The Labute approximate surface area is 112 Å². The second-order valence-corrected chi connectivity index (χ2v) is 4.54. The van der Waals surface area contributed by atoms with Crippen molar-refractivity contribution in [3.8, 4) is 5.69 Å². The largest absolute Gasteiger partial charge is 0.477 e. The summed E-state index contributed by atoms with van der Waals surface area (Å²) >= 11 is 1.31. The third-order valence-electron chi connectivity index (χ3n) is 2.57. The molecule has 4 nitrogen and oxygen atoms in total. The second kappa shape index (κ2) is 5.27. The maximum atomic E-state index is 12.9. The molecule has 0 aliphatic heterocycles. The maximum absolute atomic E-state index is 12.9. The monoisotopic (exact) mass is 279 g/mol. The molecule has 0 aliphatic carbocycles. The molecule has 0 spiro atoms. The number of pyridine rings is 1. The molecule has 1 aromatic carbocycles. The lowest BCUT2D eigenvalue weighted by Crippen LogP contribution is -2.26. The average Bonchev–Trinajstić information content (AvgIpc) is 2.39. The molecule has 2 aromatic rings. The van der Waals surface area contributed by atoms with Gasteiger partial charge in [-0.05, 0) is 42.7 Å². The van der Waals surface area contributed by atoms with Crippen LogP contribution in [0.15, 0.2) is 46.2 Å². The van der Waals surface area contributed by atoms with E-state index in [2.05, 4.69) is 0 Å². The molecular formula is C13H10FNO3S. The first kappa shape index (κ1) is 13.4. The molecule has 2 rings (SSSR count). The van der Waals surface area contributed by atoms with Gasteiger partial charge < -0.3 is 5.11 Å². The van der Waals surface area contributed by atoms with Gasteiger partial charge in [0.15, 0.2) is 0 Å². The first-order chi connectivity index (χ1) is 9.04. The van der Waals surface area contributed by atoms with E-state index in [0.717, 1.165) is 0 Å². The molecule has 0 radical (unpaired) electrons. The number of thioether (sulfide) groups is 1. The van der Waals surface area contributed by atoms with Crippen molar-refractivity contribution in [3.63, 3.8) is 0 Å². The highest BCUT2D eigenvalue weighted by Crippen LogP contribution is 2.18. The third kappa shape index (κ3) is 2.53. The Morgan fingerprint density at radius 1 is 1.21 bits per heavy atom. The smallest absolute Gasteiger partial charge is 0.341 e. The van der Waals surface area contributed by atoms with Gasteiger partial charge in [-0.2, -0.15) is 0 Å². The fourth-order valence-electron chi connectivity index (χ4n) is 1.68. The zero-order chi connectivity index (χ0) is 14.0. The lowest BCUT2D eigenvalue weighted by atomic mass is 10.2. The Balaban J connectivity index is 2.73. The topological polar surface area (TPSA) is 59.3 Å². The Morgan fingerprint density at radius 3 is 2.37 bits per heavy atom. The predicted octanol–water partition coefficient (Wildman–Crippen LogP) is 2.40. The number of benzene rings is 1. The van der Waals surface area contributed by atoms with Gasteiger partial charge in [-0.1, -0.05) is 0 Å². The molecule has 98 valence electrons. The molecule has 0 unspecified atom stereocenters. The summed E-state index contributed by atoms with van der Waals surface area (Å²) in [6, 6.07) is 8.14. The van der Waals surface area contributed by atoms with E-state index in [-0.39, 0.29) is 5.56 Å². The summed E-state index contributed by atoms with van der Waals surface area (Å²) in [5, 5.41) is 9.55. The summed E-state index contributed by atoms with van der Waals surface area (Å²) in [5.41, 5.74) is -0.521. The van der Waals surface area contributed by atoms with E-state index in [9.17, 15) is 14.0 Å². The van der Waals surface area contributed by atoms with E-state index in [1.807, 2.05) is 0 Å². The number of carbonyl (C=O) groups is 1. The molecule has 0 amide bonds. The number of carboxylic acid groups (broad SMARTS) is 1. The minimum Gasteiger partial charge on any atom is -0.477 e. The van der Waals surface area contributed by atoms with E-state index in [4.69, 9.17) is 5.11 Å². The van der Waals surface area contributed by atoms with Crippen LogP contribution in [0, 0.1) is 5.82 Å². The molecule has 0 saturated carbocycles. The van der Waals surface area contributed by atoms with Gasteiger partial charge in [-0.25, -0.2) is 9.18 Å². The van der Waals surface area contributed by atoms with Crippen molar-refractivity contribution in [2.75, 3.05) is 6.26 Å². The first-order valence-corrected chi connectivity index (χ1v) is 6.56. The van der Waals surface area contributed by atoms with Crippen LogP contribution >= 0.6 is 11.8 Å². The Kier molecular flexibility index (Phi) is 3.71. The molecule has 0 bridgehead atoms. The maximum Gasteiger partial charge on any atom is 0.341 e. The van der Waals surface area contributed by atoms with Crippen LogP contribution in [0.2, 0.25) is 0 Å². The summed E-state index contributed by atoms with van der Waals surface area (Å²) in [6.45, 7) is 0. The summed E-state index contributed by atoms with van der Waals surface area (Å²) in [4.78, 5) is 23.1. The number of carboxylic acids is 1. The highest BCUT2D eigenvalue weighted by molar-refractivity contribution is 7.98. The van der Waals surface area contributed by atoms with Crippen LogP contribution in [0.5, 0.6) is 0 Å². The standard InChI is InChI=1S/C13H10FNO3S/c1-19-11-7-6-10(13(17)18)12(16)15(11)9-4-2-8(14)3-5-9/h2-7H,1H3,(H,17,18). The lowest BCUT2D eigenvalue weighted by molar-refractivity contribution is 0.0694. The molecule has 0 atom stereocenters. The molecule has 0 aliphatic rings. The molecule has 6 heteroatoms. The SMILES string of the molecule is CSc1ccc(C(=O)O)c(=O)n1-c1ccc(F)cc1. The number of aromatic carboxylic acids is 1. The van der Waals surface area contributed by atoms with Gasteiger partial charge >= 0.3 is 5.97 Å². The van der Waals surface area contributed by atoms with Gasteiger partial charge in [-0.3, -0.25) is 9.36 Å². The Bertz CT molecular complexity index is 679. The van der Waals surface area contributed by atoms with Gasteiger partial charge in [0.25, 0.3) is 5.56 Å². The van der Waals surface area contributed by atoms with Crippen LogP contribution in [0.1, 0.15) is 10.4 Å². The van der Waals surface area contributed by atoms with Crippen LogP contribution in [-0.4, -0.2) is 21.9 Å². The number of hydrogen-bond acceptors (Lipinski definition) is 3. The van der Waals surface area contributed by atoms with E-state index >= 15 is 0 Å². The van der Waals surface area contributed by atoms with Gasteiger partial charge in [-0.15, -0.1) is 11.8 Å². The van der Waals surface area contributed by atoms with E-state index < -0.39 is 17.3 Å². The minimum atomic E-state index is -1.28. The van der Waals surface area contributed by atoms with Crippen LogP contribution in [0.3, 0.4) is 0 Å². The van der Waals surface area contributed by atoms with Gasteiger partial charge in [0.1, 0.15) is 11.4 Å². The highest BCUT2D eigenvalue weighted by Gasteiger charge is 2.14. The molecule has 1 N–H and O–H groups in total. The minimum absolute atomic E-state index is 0.317. The van der Waals surface area contributed by atoms with Crippen LogP contribution < -0.4 is 5.56 Å². The van der Waals surface area contributed by atoms with Gasteiger partial charge in [0, 0.05) is 5.69 Å². The summed E-state index contributed by atoms with van der Waals surface area (Å²) < 4.78 is 14.2. The number of nitrogens with zero attached hydrogens (tertiary/aromatic N) is 1. The molecule has 0 saturated heterocycles. The molecule has 1 aromatic heterocycles. The van der Waals surface area contributed by atoms with E-state index in [1.165, 1.54) is 46.7 Å². The van der Waals surface area contributed by atoms with E-state index in [0.29, 0.717) is 10.7 Å². The van der Waals surface area contributed by atoms with Crippen LogP contribution in [0.25, 0.3) is 5.69 Å². The molecule has 0 fully saturated rings. The van der Waals surface area contributed by atoms with Crippen molar-refractivity contribution in [1.29, 1.82) is 0 Å². The second-order valence-electron chi connectivity index (χ2n) is 3.71. The highest BCUT2D eigenvalue weighted by atomic mass is 32.2. The van der Waals surface area contributed by atoms with Crippen molar-refractivity contribution in [2.24, 2.45) is 0 Å². The molecule has 19 heavy (non-hydrogen) atoms. The van der Waals surface area contributed by atoms with Gasteiger partial charge in [0.2, 0.25) is 0 Å². The van der Waals surface area contributed by atoms with Crippen molar-refractivity contribution in [2.45, 2.75) is 5.03 Å². The van der Waals surface area contributed by atoms with Crippen LogP contribution in [0.4, 0.5) is 4.39 Å². The normalized spacial score (nSPS) is 10.4. The van der Waals surface area contributed by atoms with E-state index in [1.54, 1.807) is 12.3 Å². The third-order valence-corrected chi connectivity index (χ3v) is 3.31. The number of hydrogen-bond donors (Lipinski definition) is 1. The quantitative estimate of drug-likeness (QED) is 0.876. The predicted molar refractivity (Wildman–Crippen MR) is 70.7 cm³/mol.